The first kappa shape index (κ1) is 13.5. The Bertz CT molecular complexity index is 565. The van der Waals surface area contributed by atoms with Gasteiger partial charge < -0.3 is 5.73 Å². The summed E-state index contributed by atoms with van der Waals surface area (Å²) in [5.74, 6) is 1.18. The summed E-state index contributed by atoms with van der Waals surface area (Å²) in [5, 5.41) is 0. The Hall–Kier alpha value is -0.940. The van der Waals surface area contributed by atoms with E-state index < -0.39 is 10.8 Å². The first-order valence-corrected chi connectivity index (χ1v) is 8.28. The summed E-state index contributed by atoms with van der Waals surface area (Å²) in [7, 11) is -0.988. The predicted octanol–water partition coefficient (Wildman–Crippen LogP) is 3.42. The van der Waals surface area contributed by atoms with E-state index in [1.807, 2.05) is 18.2 Å². The highest BCUT2D eigenvalue weighted by atomic mass is 32.2. The van der Waals surface area contributed by atoms with Crippen LogP contribution in [0.3, 0.4) is 0 Å². The van der Waals surface area contributed by atoms with Crippen LogP contribution in [0.2, 0.25) is 0 Å². The van der Waals surface area contributed by atoms with E-state index in [9.17, 15) is 4.21 Å². The number of nitrogen functional groups attached to an aromatic ring is 1. The van der Waals surface area contributed by atoms with Crippen LogP contribution in [0.5, 0.6) is 0 Å². The van der Waals surface area contributed by atoms with Crippen molar-refractivity contribution in [3.05, 3.63) is 18.2 Å². The number of anilines is 1. The summed E-state index contributed by atoms with van der Waals surface area (Å²) >= 11 is 1.49. The molecule has 0 spiro atoms. The molecule has 98 valence electrons. The van der Waals surface area contributed by atoms with Gasteiger partial charge in [0.15, 0.2) is 4.34 Å². The topological polar surface area (TPSA) is 56.0 Å². The normalized spacial score (nSPS) is 14.8. The summed E-state index contributed by atoms with van der Waals surface area (Å²) in [6, 6.07) is 5.61. The van der Waals surface area contributed by atoms with Gasteiger partial charge >= 0.3 is 0 Å². The second kappa shape index (κ2) is 5.80. The molecule has 1 heterocycles. The second-order valence-corrected chi connectivity index (χ2v) is 7.31. The number of hydrogen-bond donors (Lipinski definition) is 1. The van der Waals surface area contributed by atoms with Gasteiger partial charge in [-0.3, -0.25) is 4.21 Å². The third-order valence-electron chi connectivity index (χ3n) is 2.81. The zero-order valence-electron chi connectivity index (χ0n) is 10.7. The van der Waals surface area contributed by atoms with E-state index in [1.165, 1.54) is 11.3 Å². The van der Waals surface area contributed by atoms with Crippen molar-refractivity contribution in [2.45, 2.75) is 31.0 Å². The average Bonchev–Trinajstić information content (AvgIpc) is 2.72. The number of thiazole rings is 1. The highest BCUT2D eigenvalue weighted by molar-refractivity contribution is 7.87. The Morgan fingerprint density at radius 1 is 1.50 bits per heavy atom. The molecule has 1 aromatic carbocycles. The van der Waals surface area contributed by atoms with Gasteiger partial charge in [-0.1, -0.05) is 26.7 Å². The zero-order valence-corrected chi connectivity index (χ0v) is 12.3. The third-order valence-corrected chi connectivity index (χ3v) is 5.78. The summed E-state index contributed by atoms with van der Waals surface area (Å²) in [4.78, 5) is 4.43. The molecular formula is C13H18N2OS2. The number of nitrogens with zero attached hydrogens (tertiary/aromatic N) is 1. The van der Waals surface area contributed by atoms with Gasteiger partial charge in [0, 0.05) is 11.4 Å². The van der Waals surface area contributed by atoms with Crippen LogP contribution in [-0.2, 0) is 10.8 Å². The minimum atomic E-state index is -0.988. The minimum absolute atomic E-state index is 0.480. The number of aromatic nitrogens is 1. The molecule has 5 heteroatoms. The molecule has 2 unspecified atom stereocenters. The molecule has 0 aliphatic rings. The average molecular weight is 282 g/mol. The summed E-state index contributed by atoms with van der Waals surface area (Å²) in [6.45, 7) is 4.30. The number of rotatable bonds is 5. The van der Waals surface area contributed by atoms with Crippen molar-refractivity contribution in [2.24, 2.45) is 5.92 Å². The highest BCUT2D eigenvalue weighted by Gasteiger charge is 2.14. The summed E-state index contributed by atoms with van der Waals surface area (Å²) in [6.07, 6.45) is 2.25. The van der Waals surface area contributed by atoms with Crippen molar-refractivity contribution in [1.29, 1.82) is 0 Å². The minimum Gasteiger partial charge on any atom is -0.399 e. The molecule has 0 saturated carbocycles. The Morgan fingerprint density at radius 2 is 2.28 bits per heavy atom. The van der Waals surface area contributed by atoms with Crippen molar-refractivity contribution >= 4 is 38.0 Å². The second-order valence-electron chi connectivity index (χ2n) is 4.61. The number of hydrogen-bond acceptors (Lipinski definition) is 4. The lowest BCUT2D eigenvalue weighted by Gasteiger charge is -2.07. The van der Waals surface area contributed by atoms with Crippen LogP contribution in [0.25, 0.3) is 10.2 Å². The van der Waals surface area contributed by atoms with Crippen LogP contribution in [0.15, 0.2) is 22.5 Å². The molecule has 1 aromatic heterocycles. The molecule has 18 heavy (non-hydrogen) atoms. The predicted molar refractivity (Wildman–Crippen MR) is 79.4 cm³/mol. The molecule has 2 rings (SSSR count). The van der Waals surface area contributed by atoms with Gasteiger partial charge in [-0.05, 0) is 24.1 Å². The van der Waals surface area contributed by atoms with Gasteiger partial charge in [0.05, 0.1) is 21.0 Å². The molecule has 3 nitrogen and oxygen atoms in total. The van der Waals surface area contributed by atoms with Gasteiger partial charge in [0.25, 0.3) is 0 Å². The third kappa shape index (κ3) is 3.09. The molecule has 0 amide bonds. The van der Waals surface area contributed by atoms with Gasteiger partial charge in [-0.15, -0.1) is 11.3 Å². The first-order valence-electron chi connectivity index (χ1n) is 6.14. The van der Waals surface area contributed by atoms with E-state index in [0.29, 0.717) is 11.7 Å². The van der Waals surface area contributed by atoms with Crippen LogP contribution < -0.4 is 5.73 Å². The number of benzene rings is 1. The Labute approximate surface area is 114 Å². The standard InChI is InChI=1S/C13H18N2OS2/c1-3-4-9(2)8-18(16)13-15-11-6-5-10(14)7-12(11)17-13/h5-7,9H,3-4,8,14H2,1-2H3. The lowest BCUT2D eigenvalue weighted by molar-refractivity contribution is 0.574. The van der Waals surface area contributed by atoms with Crippen molar-refractivity contribution in [1.82, 2.24) is 4.98 Å². The molecule has 0 radical (unpaired) electrons. The zero-order chi connectivity index (χ0) is 13.1. The molecule has 2 aromatic rings. The monoisotopic (exact) mass is 282 g/mol. The van der Waals surface area contributed by atoms with Crippen LogP contribution >= 0.6 is 11.3 Å². The van der Waals surface area contributed by atoms with Gasteiger partial charge in [-0.25, -0.2) is 4.98 Å². The molecule has 0 fully saturated rings. The number of nitrogens with two attached hydrogens (primary N) is 1. The Morgan fingerprint density at radius 3 is 3.00 bits per heavy atom. The lowest BCUT2D eigenvalue weighted by Crippen LogP contribution is -2.07. The number of fused-ring (bicyclic) bond motifs is 1. The fourth-order valence-corrected chi connectivity index (χ4v) is 4.54. The highest BCUT2D eigenvalue weighted by Crippen LogP contribution is 2.27. The van der Waals surface area contributed by atoms with E-state index in [4.69, 9.17) is 5.73 Å². The van der Waals surface area contributed by atoms with E-state index in [0.717, 1.165) is 33.1 Å². The Balaban J connectivity index is 2.18. The van der Waals surface area contributed by atoms with Crippen molar-refractivity contribution in [3.63, 3.8) is 0 Å². The van der Waals surface area contributed by atoms with Crippen LogP contribution in [0, 0.1) is 5.92 Å². The lowest BCUT2D eigenvalue weighted by atomic mass is 10.1. The first-order chi connectivity index (χ1) is 8.60. The molecular weight excluding hydrogens is 264 g/mol. The fourth-order valence-electron chi connectivity index (χ4n) is 1.92. The van der Waals surface area contributed by atoms with Gasteiger partial charge in [0.1, 0.15) is 0 Å². The summed E-state index contributed by atoms with van der Waals surface area (Å²) < 4.78 is 13.9. The molecule has 0 aliphatic heterocycles. The molecule has 0 bridgehead atoms. The van der Waals surface area contributed by atoms with Crippen molar-refractivity contribution in [3.8, 4) is 0 Å². The summed E-state index contributed by atoms with van der Waals surface area (Å²) in [5.41, 5.74) is 7.35. The molecule has 0 saturated heterocycles. The van der Waals surface area contributed by atoms with E-state index in [2.05, 4.69) is 18.8 Å². The fraction of sp³-hybridized carbons (Fsp3) is 0.462. The Kier molecular flexibility index (Phi) is 4.35. The SMILES string of the molecule is CCCC(C)CS(=O)c1nc2ccc(N)cc2s1. The molecule has 2 N–H and O–H groups in total. The maximum atomic E-state index is 12.2. The van der Waals surface area contributed by atoms with Crippen LogP contribution in [0.4, 0.5) is 5.69 Å². The van der Waals surface area contributed by atoms with E-state index in [-0.39, 0.29) is 0 Å². The van der Waals surface area contributed by atoms with Crippen LogP contribution in [-0.4, -0.2) is 14.9 Å². The maximum absolute atomic E-state index is 12.2. The van der Waals surface area contributed by atoms with Crippen molar-refractivity contribution in [2.75, 3.05) is 11.5 Å². The molecule has 2 atom stereocenters. The van der Waals surface area contributed by atoms with E-state index >= 15 is 0 Å². The smallest absolute Gasteiger partial charge is 0.181 e. The van der Waals surface area contributed by atoms with E-state index in [1.54, 1.807) is 0 Å². The van der Waals surface area contributed by atoms with Gasteiger partial charge in [0.2, 0.25) is 0 Å². The van der Waals surface area contributed by atoms with Crippen LogP contribution in [0.1, 0.15) is 26.7 Å². The quantitative estimate of drug-likeness (QED) is 0.855. The van der Waals surface area contributed by atoms with Crippen molar-refractivity contribution < 1.29 is 4.21 Å². The molecule has 0 aliphatic carbocycles. The largest absolute Gasteiger partial charge is 0.399 e. The maximum Gasteiger partial charge on any atom is 0.181 e. The van der Waals surface area contributed by atoms with Gasteiger partial charge in [-0.2, -0.15) is 0 Å².